The Labute approximate surface area is 191 Å². The number of aliphatic hydroxyl groups excluding tert-OH is 1. The summed E-state index contributed by atoms with van der Waals surface area (Å²) >= 11 is 0. The fourth-order valence-electron chi connectivity index (χ4n) is 3.69. The molecule has 0 radical (unpaired) electrons. The molecular weight excluding hydrogens is 420 g/mol. The van der Waals surface area contributed by atoms with Crippen LogP contribution >= 0.6 is 0 Å². The summed E-state index contributed by atoms with van der Waals surface area (Å²) in [6.45, 7) is 15.2. The monoisotopic (exact) mass is 454 g/mol. The number of fused-ring (bicyclic) bond motifs is 1. The lowest BCUT2D eigenvalue weighted by molar-refractivity contribution is -0.0642. The Bertz CT molecular complexity index is 1090. The van der Waals surface area contributed by atoms with Crippen molar-refractivity contribution >= 4 is 8.32 Å². The number of nitrogens with zero attached hydrogens (tertiary/aromatic N) is 2. The average molecular weight is 455 g/mol. The Hall–Kier alpha value is -2.40. The van der Waals surface area contributed by atoms with Gasteiger partial charge in [0.1, 0.15) is 17.5 Å². The first-order valence-corrected chi connectivity index (χ1v) is 13.9. The molecule has 1 aliphatic rings. The third-order valence-corrected chi connectivity index (χ3v) is 11.4. The summed E-state index contributed by atoms with van der Waals surface area (Å²) in [5.74, 6) is 0.572. The van der Waals surface area contributed by atoms with Crippen molar-refractivity contribution in [3.05, 3.63) is 63.6 Å². The highest BCUT2D eigenvalue weighted by Gasteiger charge is 2.44. The maximum Gasteiger partial charge on any atom is 0.251 e. The second kappa shape index (κ2) is 8.51. The van der Waals surface area contributed by atoms with Crippen LogP contribution in [0.1, 0.15) is 57.4 Å². The largest absolute Gasteiger partial charge is 0.485 e. The highest BCUT2D eigenvalue weighted by Crippen LogP contribution is 2.42. The second-order valence-corrected chi connectivity index (χ2v) is 15.4. The van der Waals surface area contributed by atoms with Crippen molar-refractivity contribution in [2.24, 2.45) is 0 Å². The molecule has 6 nitrogen and oxygen atoms in total. The van der Waals surface area contributed by atoms with Gasteiger partial charge in [-0.25, -0.2) is 0 Å². The smallest absolute Gasteiger partial charge is 0.251 e. The first kappa shape index (κ1) is 24.2. The van der Waals surface area contributed by atoms with E-state index in [-0.39, 0.29) is 10.6 Å². The first-order chi connectivity index (χ1) is 14.8. The Morgan fingerprint density at radius 3 is 2.53 bits per heavy atom. The number of aliphatic hydroxyl groups is 1. The van der Waals surface area contributed by atoms with Crippen molar-refractivity contribution in [3.8, 4) is 11.8 Å². The van der Waals surface area contributed by atoms with Crippen LogP contribution in [0, 0.1) is 11.3 Å². The van der Waals surface area contributed by atoms with Gasteiger partial charge in [-0.3, -0.25) is 4.79 Å². The quantitative estimate of drug-likeness (QED) is 0.677. The van der Waals surface area contributed by atoms with E-state index >= 15 is 0 Å². The maximum atomic E-state index is 13.1. The van der Waals surface area contributed by atoms with Gasteiger partial charge >= 0.3 is 0 Å². The van der Waals surface area contributed by atoms with Gasteiger partial charge in [-0.05, 0) is 68.2 Å². The average Bonchev–Trinajstić information content (AvgIpc) is 2.68. The number of aromatic nitrogens is 1. The summed E-state index contributed by atoms with van der Waals surface area (Å²) in [6.07, 6.45) is 1.41. The minimum atomic E-state index is -1.84. The van der Waals surface area contributed by atoms with Crippen LogP contribution in [0.5, 0.6) is 5.75 Å². The molecule has 1 N–H and O–H groups in total. The standard InChI is InChI=1S/C25H34N2O4Si/c1-24(2,3)32(6,7)30-13-11-17-10-12-27(21(28)15-17)22-19-14-18(16-26)8-9-20(19)31-25(4,5)23(22)29/h8-10,12,14-15,22-23,29H,11,13H2,1-7H3/t22-,23+/m0/s1. The van der Waals surface area contributed by atoms with E-state index in [1.807, 2.05) is 6.07 Å². The Morgan fingerprint density at radius 1 is 1.25 bits per heavy atom. The number of rotatable bonds is 5. The molecule has 0 saturated heterocycles. The van der Waals surface area contributed by atoms with Crippen molar-refractivity contribution in [3.63, 3.8) is 0 Å². The Balaban J connectivity index is 1.89. The van der Waals surface area contributed by atoms with E-state index in [2.05, 4.69) is 39.9 Å². The molecule has 172 valence electrons. The van der Waals surface area contributed by atoms with Gasteiger partial charge in [0, 0.05) is 24.4 Å². The number of nitriles is 1. The molecule has 2 aromatic rings. The van der Waals surface area contributed by atoms with E-state index in [0.717, 1.165) is 5.56 Å². The molecule has 2 atom stereocenters. The summed E-state index contributed by atoms with van der Waals surface area (Å²) < 4.78 is 13.7. The summed E-state index contributed by atoms with van der Waals surface area (Å²) in [7, 11) is -1.84. The van der Waals surface area contributed by atoms with Crippen molar-refractivity contribution in [2.45, 2.75) is 76.9 Å². The van der Waals surface area contributed by atoms with E-state index in [1.54, 1.807) is 44.3 Å². The van der Waals surface area contributed by atoms with Gasteiger partial charge in [-0.1, -0.05) is 20.8 Å². The molecule has 7 heteroatoms. The molecule has 3 rings (SSSR count). The number of benzene rings is 1. The predicted octanol–water partition coefficient (Wildman–Crippen LogP) is 4.41. The lowest BCUT2D eigenvalue weighted by Crippen LogP contribution is -2.52. The van der Waals surface area contributed by atoms with E-state index < -0.39 is 26.1 Å². The summed E-state index contributed by atoms with van der Waals surface area (Å²) in [6, 6.07) is 10.1. The van der Waals surface area contributed by atoms with Gasteiger partial charge in [0.2, 0.25) is 0 Å². The molecule has 0 amide bonds. The van der Waals surface area contributed by atoms with Crippen LogP contribution in [-0.4, -0.2) is 36.3 Å². The van der Waals surface area contributed by atoms with Gasteiger partial charge in [0.15, 0.2) is 8.32 Å². The fraction of sp³-hybridized carbons (Fsp3) is 0.520. The summed E-state index contributed by atoms with van der Waals surface area (Å²) in [5, 5.41) is 20.5. The van der Waals surface area contributed by atoms with E-state index in [1.165, 1.54) is 4.57 Å². The van der Waals surface area contributed by atoms with Gasteiger partial charge in [-0.2, -0.15) is 5.26 Å². The van der Waals surface area contributed by atoms with Gasteiger partial charge in [-0.15, -0.1) is 0 Å². The van der Waals surface area contributed by atoms with Crippen LogP contribution in [0.15, 0.2) is 41.3 Å². The van der Waals surface area contributed by atoms with Crippen molar-refractivity contribution in [2.75, 3.05) is 6.61 Å². The van der Waals surface area contributed by atoms with Gasteiger partial charge in [0.25, 0.3) is 5.56 Å². The Morgan fingerprint density at radius 2 is 1.94 bits per heavy atom. The van der Waals surface area contributed by atoms with Gasteiger partial charge < -0.3 is 18.8 Å². The lowest BCUT2D eigenvalue weighted by Gasteiger charge is -2.42. The molecule has 32 heavy (non-hydrogen) atoms. The van der Waals surface area contributed by atoms with Crippen LogP contribution in [0.3, 0.4) is 0 Å². The molecular formula is C25H34N2O4Si. The maximum absolute atomic E-state index is 13.1. The zero-order valence-corrected chi connectivity index (χ0v) is 21.1. The third-order valence-electron chi connectivity index (χ3n) is 6.81. The Kier molecular flexibility index (Phi) is 6.45. The van der Waals surface area contributed by atoms with Crippen LogP contribution in [0.2, 0.25) is 18.1 Å². The molecule has 1 aromatic carbocycles. The van der Waals surface area contributed by atoms with Crippen LogP contribution in [0.25, 0.3) is 0 Å². The SMILES string of the molecule is CC1(C)Oc2ccc(C#N)cc2[C@H](n2ccc(CCO[Si](C)(C)C(C)(C)C)cc2=O)[C@H]1O. The number of pyridine rings is 1. The van der Waals surface area contributed by atoms with Crippen LogP contribution in [-0.2, 0) is 10.8 Å². The topological polar surface area (TPSA) is 84.5 Å². The zero-order chi connectivity index (χ0) is 23.9. The second-order valence-electron chi connectivity index (χ2n) is 10.6. The molecule has 0 spiro atoms. The normalized spacial score (nSPS) is 20.2. The van der Waals surface area contributed by atoms with E-state index in [4.69, 9.17) is 9.16 Å². The molecule has 2 heterocycles. The zero-order valence-electron chi connectivity index (χ0n) is 20.1. The van der Waals surface area contributed by atoms with Crippen molar-refractivity contribution in [1.82, 2.24) is 4.57 Å². The molecule has 0 fully saturated rings. The minimum absolute atomic E-state index is 0.137. The molecule has 0 saturated carbocycles. The number of hydrogen-bond donors (Lipinski definition) is 1. The van der Waals surface area contributed by atoms with Crippen molar-refractivity contribution in [1.29, 1.82) is 5.26 Å². The molecule has 1 aromatic heterocycles. The highest BCUT2D eigenvalue weighted by atomic mass is 28.4. The lowest BCUT2D eigenvalue weighted by atomic mass is 9.85. The van der Waals surface area contributed by atoms with Crippen LogP contribution < -0.4 is 10.3 Å². The predicted molar refractivity (Wildman–Crippen MR) is 128 cm³/mol. The highest BCUT2D eigenvalue weighted by molar-refractivity contribution is 6.74. The summed E-state index contributed by atoms with van der Waals surface area (Å²) in [5.41, 5.74) is 0.895. The van der Waals surface area contributed by atoms with E-state index in [0.29, 0.717) is 29.9 Å². The molecule has 0 aliphatic carbocycles. The van der Waals surface area contributed by atoms with Gasteiger partial charge in [0.05, 0.1) is 17.7 Å². The fourth-order valence-corrected chi connectivity index (χ4v) is 4.74. The molecule has 0 bridgehead atoms. The van der Waals surface area contributed by atoms with E-state index in [9.17, 15) is 15.2 Å². The van der Waals surface area contributed by atoms with Crippen LogP contribution in [0.4, 0.5) is 0 Å². The number of ether oxygens (including phenoxy) is 1. The number of hydrogen-bond acceptors (Lipinski definition) is 5. The summed E-state index contributed by atoms with van der Waals surface area (Å²) in [4.78, 5) is 13.1. The van der Waals surface area contributed by atoms with Crippen molar-refractivity contribution < 1.29 is 14.3 Å². The molecule has 1 aliphatic heterocycles. The first-order valence-electron chi connectivity index (χ1n) is 11.0. The third kappa shape index (κ3) is 4.68. The minimum Gasteiger partial charge on any atom is -0.485 e. The molecule has 0 unspecified atom stereocenters.